The monoisotopic (exact) mass is 426 g/mol. The Morgan fingerprint density at radius 3 is 2.38 bits per heavy atom. The van der Waals surface area contributed by atoms with Crippen LogP contribution in [0.5, 0.6) is 0 Å². The van der Waals surface area contributed by atoms with Crippen LogP contribution in [0.1, 0.15) is 34.6 Å². The predicted octanol–water partition coefficient (Wildman–Crippen LogP) is 6.81. The summed E-state index contributed by atoms with van der Waals surface area (Å²) in [5.74, 6) is 0. The van der Waals surface area contributed by atoms with E-state index in [0.29, 0.717) is 15.1 Å². The van der Waals surface area contributed by atoms with Gasteiger partial charge in [-0.05, 0) is 66.9 Å². The molecule has 1 heterocycles. The number of hydrogen-bond donors (Lipinski definition) is 0. The average Bonchev–Trinajstić information content (AvgIpc) is 3.02. The third-order valence-electron chi connectivity index (χ3n) is 4.19. The molecule has 3 rings (SSSR count). The van der Waals surface area contributed by atoms with Gasteiger partial charge < -0.3 is 0 Å². The summed E-state index contributed by atoms with van der Waals surface area (Å²) in [6.45, 7) is 3.91. The van der Waals surface area contributed by atoms with Gasteiger partial charge in [-0.2, -0.15) is 5.10 Å². The topological polar surface area (TPSA) is 34.9 Å². The molecule has 0 fully saturated rings. The SMILES string of the molecule is Cc1cc(Cl)ccc1-c1cc(C(=O)Cl)nn1C(C)c1ccc(Cl)c(Cl)c1. The van der Waals surface area contributed by atoms with Gasteiger partial charge in [0.15, 0.2) is 0 Å². The molecule has 0 saturated heterocycles. The first kappa shape index (κ1) is 19.2. The van der Waals surface area contributed by atoms with Crippen molar-refractivity contribution in [3.8, 4) is 11.3 Å². The fourth-order valence-corrected chi connectivity index (χ4v) is 3.44. The number of nitrogens with zero attached hydrogens (tertiary/aromatic N) is 2. The van der Waals surface area contributed by atoms with Crippen LogP contribution in [-0.4, -0.2) is 15.0 Å². The van der Waals surface area contributed by atoms with E-state index in [4.69, 9.17) is 46.4 Å². The van der Waals surface area contributed by atoms with Gasteiger partial charge in [-0.15, -0.1) is 0 Å². The summed E-state index contributed by atoms with van der Waals surface area (Å²) in [4.78, 5) is 11.7. The molecule has 0 aliphatic rings. The lowest BCUT2D eigenvalue weighted by molar-refractivity contribution is 0.107. The number of halogens is 4. The molecule has 2 aromatic carbocycles. The number of rotatable bonds is 4. The van der Waals surface area contributed by atoms with Crippen LogP contribution in [0.3, 0.4) is 0 Å². The zero-order valence-corrected chi connectivity index (χ0v) is 17.0. The Kier molecular flexibility index (Phi) is 5.64. The van der Waals surface area contributed by atoms with Crippen molar-refractivity contribution in [2.24, 2.45) is 0 Å². The molecule has 0 bridgehead atoms. The van der Waals surface area contributed by atoms with Gasteiger partial charge in [-0.1, -0.05) is 46.9 Å². The number of aromatic nitrogens is 2. The van der Waals surface area contributed by atoms with Crippen molar-refractivity contribution in [1.29, 1.82) is 0 Å². The van der Waals surface area contributed by atoms with Crippen LogP contribution in [0.25, 0.3) is 11.3 Å². The van der Waals surface area contributed by atoms with Gasteiger partial charge in [-0.25, -0.2) is 0 Å². The first-order valence-corrected chi connectivity index (χ1v) is 9.30. The number of aryl methyl sites for hydroxylation is 1. The lowest BCUT2D eigenvalue weighted by Crippen LogP contribution is -2.11. The Labute approximate surface area is 171 Å². The lowest BCUT2D eigenvalue weighted by Gasteiger charge is -2.18. The molecule has 3 nitrogen and oxygen atoms in total. The molecule has 0 aliphatic carbocycles. The first-order chi connectivity index (χ1) is 12.3. The maximum atomic E-state index is 11.7. The number of hydrogen-bond acceptors (Lipinski definition) is 2. The van der Waals surface area contributed by atoms with Crippen LogP contribution in [0.2, 0.25) is 15.1 Å². The predicted molar refractivity (Wildman–Crippen MR) is 108 cm³/mol. The van der Waals surface area contributed by atoms with E-state index in [2.05, 4.69) is 5.10 Å². The smallest absolute Gasteiger partial charge is 0.272 e. The highest BCUT2D eigenvalue weighted by molar-refractivity contribution is 6.67. The summed E-state index contributed by atoms with van der Waals surface area (Å²) < 4.78 is 1.76. The van der Waals surface area contributed by atoms with E-state index >= 15 is 0 Å². The van der Waals surface area contributed by atoms with Crippen molar-refractivity contribution in [1.82, 2.24) is 9.78 Å². The molecule has 134 valence electrons. The molecule has 3 aromatic rings. The molecule has 0 radical (unpaired) electrons. The highest BCUT2D eigenvalue weighted by atomic mass is 35.5. The van der Waals surface area contributed by atoms with Crippen LogP contribution < -0.4 is 0 Å². The molecular weight excluding hydrogens is 414 g/mol. The second-order valence-electron chi connectivity index (χ2n) is 5.94. The zero-order chi connectivity index (χ0) is 19.0. The number of benzene rings is 2. The Balaban J connectivity index is 2.16. The Bertz CT molecular complexity index is 997. The Morgan fingerprint density at radius 2 is 1.77 bits per heavy atom. The van der Waals surface area contributed by atoms with E-state index in [1.165, 1.54) is 0 Å². The molecule has 0 amide bonds. The lowest BCUT2D eigenvalue weighted by atomic mass is 10.0. The fraction of sp³-hybridized carbons (Fsp3) is 0.158. The normalized spacial score (nSPS) is 12.2. The molecule has 0 saturated carbocycles. The second-order valence-corrected chi connectivity index (χ2v) is 7.54. The molecular formula is C19H14Cl4N2O. The van der Waals surface area contributed by atoms with Gasteiger partial charge >= 0.3 is 0 Å². The molecule has 0 N–H and O–H groups in total. The third kappa shape index (κ3) is 3.77. The van der Waals surface area contributed by atoms with Crippen LogP contribution >= 0.6 is 46.4 Å². The number of carbonyl (C=O) groups is 1. The van der Waals surface area contributed by atoms with Gasteiger partial charge in [0, 0.05) is 10.6 Å². The van der Waals surface area contributed by atoms with Crippen LogP contribution in [0.4, 0.5) is 0 Å². The van der Waals surface area contributed by atoms with Crippen LogP contribution in [-0.2, 0) is 0 Å². The average molecular weight is 428 g/mol. The van der Waals surface area contributed by atoms with Gasteiger partial charge in [0.1, 0.15) is 5.69 Å². The quantitative estimate of drug-likeness (QED) is 0.428. The van der Waals surface area contributed by atoms with Crippen LogP contribution in [0, 0.1) is 6.92 Å². The molecule has 26 heavy (non-hydrogen) atoms. The van der Waals surface area contributed by atoms with E-state index in [9.17, 15) is 4.79 Å². The van der Waals surface area contributed by atoms with E-state index in [0.717, 1.165) is 22.4 Å². The van der Waals surface area contributed by atoms with Crippen molar-refractivity contribution < 1.29 is 4.79 Å². The van der Waals surface area contributed by atoms with E-state index in [1.807, 2.05) is 32.0 Å². The van der Waals surface area contributed by atoms with Gasteiger partial charge in [0.2, 0.25) is 0 Å². The highest BCUT2D eigenvalue weighted by Gasteiger charge is 2.20. The molecule has 1 unspecified atom stereocenters. The second kappa shape index (κ2) is 7.61. The van der Waals surface area contributed by atoms with E-state index < -0.39 is 5.24 Å². The maximum absolute atomic E-state index is 11.7. The minimum atomic E-state index is -0.613. The standard InChI is InChI=1S/C19H14Cl4N2O/c1-10-7-13(20)4-5-14(10)18-9-17(19(23)26)24-25(18)11(2)12-3-6-15(21)16(22)8-12/h3-9,11H,1-2H3. The maximum Gasteiger partial charge on any atom is 0.272 e. The van der Waals surface area contributed by atoms with Crippen molar-refractivity contribution >= 4 is 51.6 Å². The molecule has 7 heteroatoms. The molecule has 0 spiro atoms. The minimum Gasteiger partial charge on any atom is -0.274 e. The third-order valence-corrected chi connectivity index (χ3v) is 5.36. The van der Waals surface area contributed by atoms with Crippen molar-refractivity contribution in [2.45, 2.75) is 19.9 Å². The Morgan fingerprint density at radius 1 is 1.04 bits per heavy atom. The summed E-state index contributed by atoms with van der Waals surface area (Å²) in [7, 11) is 0. The number of carbonyl (C=O) groups excluding carboxylic acids is 1. The highest BCUT2D eigenvalue weighted by Crippen LogP contribution is 2.33. The zero-order valence-electron chi connectivity index (χ0n) is 13.9. The van der Waals surface area contributed by atoms with Crippen molar-refractivity contribution in [3.63, 3.8) is 0 Å². The first-order valence-electron chi connectivity index (χ1n) is 7.78. The summed E-state index contributed by atoms with van der Waals surface area (Å²) in [5, 5.41) is 5.37. The van der Waals surface area contributed by atoms with Crippen molar-refractivity contribution in [3.05, 3.63) is 74.4 Å². The van der Waals surface area contributed by atoms with Crippen LogP contribution in [0.15, 0.2) is 42.5 Å². The largest absolute Gasteiger partial charge is 0.274 e. The summed E-state index contributed by atoms with van der Waals surface area (Å²) >= 11 is 23.9. The van der Waals surface area contributed by atoms with Crippen molar-refractivity contribution in [2.75, 3.05) is 0 Å². The Hall–Kier alpha value is -1.52. The molecule has 0 aliphatic heterocycles. The summed E-state index contributed by atoms with van der Waals surface area (Å²) in [6.07, 6.45) is 0. The minimum absolute atomic E-state index is 0.183. The van der Waals surface area contributed by atoms with Gasteiger partial charge in [0.05, 0.1) is 21.8 Å². The van der Waals surface area contributed by atoms with E-state index in [1.54, 1.807) is 28.9 Å². The van der Waals surface area contributed by atoms with Gasteiger partial charge in [-0.3, -0.25) is 9.48 Å². The van der Waals surface area contributed by atoms with Gasteiger partial charge in [0.25, 0.3) is 5.24 Å². The summed E-state index contributed by atoms with van der Waals surface area (Å²) in [6, 6.07) is 12.4. The fourth-order valence-electron chi connectivity index (χ4n) is 2.81. The molecule has 1 aromatic heterocycles. The summed E-state index contributed by atoms with van der Waals surface area (Å²) in [5.41, 5.74) is 3.74. The molecule has 1 atom stereocenters. The van der Waals surface area contributed by atoms with E-state index in [-0.39, 0.29) is 11.7 Å².